The molecule has 4 heteroatoms. The highest BCUT2D eigenvalue weighted by atomic mass is 32.2. The molecule has 80 valence electrons. The molecule has 1 aromatic carbocycles. The molecule has 1 aliphatic heterocycles. The number of rotatable bonds is 2. The lowest BCUT2D eigenvalue weighted by molar-refractivity contribution is -0.154. The summed E-state index contributed by atoms with van der Waals surface area (Å²) in [5.41, 5.74) is 0. The van der Waals surface area contributed by atoms with Gasteiger partial charge in [-0.2, -0.15) is 0 Å². The summed E-state index contributed by atoms with van der Waals surface area (Å²) < 4.78 is 4.75. The predicted molar refractivity (Wildman–Crippen MR) is 57.3 cm³/mol. The fraction of sp³-hybridized carbons (Fsp3) is 0.364. The fourth-order valence-corrected chi connectivity index (χ4v) is 2.61. The third kappa shape index (κ3) is 2.16. The van der Waals surface area contributed by atoms with Gasteiger partial charge in [0.25, 0.3) is 0 Å². The van der Waals surface area contributed by atoms with Crippen LogP contribution in [0.3, 0.4) is 0 Å². The number of benzene rings is 1. The summed E-state index contributed by atoms with van der Waals surface area (Å²) in [7, 11) is 0. The molecule has 3 atom stereocenters. The molecular weight excluding hydrogens is 212 g/mol. The summed E-state index contributed by atoms with van der Waals surface area (Å²) >= 11 is 1.48. The molecule has 15 heavy (non-hydrogen) atoms. The van der Waals surface area contributed by atoms with E-state index in [0.717, 1.165) is 4.90 Å². The van der Waals surface area contributed by atoms with Crippen LogP contribution in [0, 0.1) is 5.92 Å². The Hall–Kier alpha value is -1.00. The molecular formula is C11H12O3S. The van der Waals surface area contributed by atoms with Crippen molar-refractivity contribution in [1.29, 1.82) is 0 Å². The molecule has 0 radical (unpaired) electrons. The van der Waals surface area contributed by atoms with Crippen LogP contribution in [0.4, 0.5) is 0 Å². The first-order valence-corrected chi connectivity index (χ1v) is 5.67. The van der Waals surface area contributed by atoms with E-state index in [1.54, 1.807) is 6.92 Å². The van der Waals surface area contributed by atoms with E-state index in [0.29, 0.717) is 0 Å². The van der Waals surface area contributed by atoms with Gasteiger partial charge in [0.2, 0.25) is 6.29 Å². The van der Waals surface area contributed by atoms with Gasteiger partial charge < -0.3 is 9.84 Å². The van der Waals surface area contributed by atoms with Crippen molar-refractivity contribution >= 4 is 17.7 Å². The van der Waals surface area contributed by atoms with E-state index < -0.39 is 6.29 Å². The highest BCUT2D eigenvalue weighted by Crippen LogP contribution is 2.35. The van der Waals surface area contributed by atoms with Gasteiger partial charge in [-0.3, -0.25) is 4.79 Å². The van der Waals surface area contributed by atoms with Crippen LogP contribution in [-0.2, 0) is 9.53 Å². The Morgan fingerprint density at radius 3 is 2.53 bits per heavy atom. The van der Waals surface area contributed by atoms with Crippen LogP contribution in [0.15, 0.2) is 35.2 Å². The summed E-state index contributed by atoms with van der Waals surface area (Å²) in [5, 5.41) is 9.32. The highest BCUT2D eigenvalue weighted by Gasteiger charge is 2.41. The average molecular weight is 224 g/mol. The van der Waals surface area contributed by atoms with Crippen LogP contribution in [0.2, 0.25) is 0 Å². The fourth-order valence-electron chi connectivity index (χ4n) is 1.49. The zero-order valence-electron chi connectivity index (χ0n) is 8.29. The van der Waals surface area contributed by atoms with E-state index in [4.69, 9.17) is 4.74 Å². The number of esters is 1. The van der Waals surface area contributed by atoms with Gasteiger partial charge in [0.05, 0.1) is 11.2 Å². The van der Waals surface area contributed by atoms with Crippen molar-refractivity contribution < 1.29 is 14.6 Å². The van der Waals surface area contributed by atoms with E-state index in [1.165, 1.54) is 11.8 Å². The number of ether oxygens (including phenoxy) is 1. The Balaban J connectivity index is 2.09. The predicted octanol–water partition coefficient (Wildman–Crippen LogP) is 1.66. The normalized spacial score (nSPS) is 30.3. The number of cyclic esters (lactones) is 1. The molecule has 2 rings (SSSR count). The number of aliphatic hydroxyl groups excluding tert-OH is 1. The minimum atomic E-state index is -0.988. The van der Waals surface area contributed by atoms with E-state index in [-0.39, 0.29) is 17.1 Å². The van der Waals surface area contributed by atoms with Crippen molar-refractivity contribution in [2.24, 2.45) is 5.92 Å². The topological polar surface area (TPSA) is 46.5 Å². The Morgan fingerprint density at radius 1 is 1.33 bits per heavy atom. The van der Waals surface area contributed by atoms with Gasteiger partial charge in [0.15, 0.2) is 0 Å². The van der Waals surface area contributed by atoms with Crippen molar-refractivity contribution in [2.45, 2.75) is 23.4 Å². The highest BCUT2D eigenvalue weighted by molar-refractivity contribution is 8.00. The molecule has 1 saturated heterocycles. The van der Waals surface area contributed by atoms with Crippen molar-refractivity contribution in [3.05, 3.63) is 30.3 Å². The summed E-state index contributed by atoms with van der Waals surface area (Å²) in [5.74, 6) is -0.582. The monoisotopic (exact) mass is 224 g/mol. The Bertz CT molecular complexity index is 352. The van der Waals surface area contributed by atoms with Gasteiger partial charge in [-0.1, -0.05) is 25.1 Å². The molecule has 1 heterocycles. The minimum absolute atomic E-state index is 0.208. The molecule has 0 spiro atoms. The Labute approximate surface area is 92.4 Å². The molecule has 0 bridgehead atoms. The van der Waals surface area contributed by atoms with Crippen LogP contribution in [0.5, 0.6) is 0 Å². The number of aliphatic hydroxyl groups is 1. The van der Waals surface area contributed by atoms with Gasteiger partial charge in [-0.15, -0.1) is 11.8 Å². The number of thioether (sulfide) groups is 1. The lowest BCUT2D eigenvalue weighted by atomic mass is 10.1. The summed E-state index contributed by atoms with van der Waals surface area (Å²) in [6.07, 6.45) is -0.988. The minimum Gasteiger partial charge on any atom is -0.434 e. The molecule has 1 N–H and O–H groups in total. The van der Waals surface area contributed by atoms with E-state index in [2.05, 4.69) is 0 Å². The van der Waals surface area contributed by atoms with Crippen LogP contribution >= 0.6 is 11.8 Å². The number of hydrogen-bond acceptors (Lipinski definition) is 4. The Kier molecular flexibility index (Phi) is 2.98. The van der Waals surface area contributed by atoms with Crippen molar-refractivity contribution in [2.75, 3.05) is 0 Å². The summed E-state index contributed by atoms with van der Waals surface area (Å²) in [6, 6.07) is 9.69. The molecule has 0 aromatic heterocycles. The molecule has 0 amide bonds. The second kappa shape index (κ2) is 4.24. The maximum Gasteiger partial charge on any atom is 0.312 e. The molecule has 0 aliphatic carbocycles. The summed E-state index contributed by atoms with van der Waals surface area (Å²) in [6.45, 7) is 1.78. The van der Waals surface area contributed by atoms with Crippen LogP contribution in [-0.4, -0.2) is 22.6 Å². The quantitative estimate of drug-likeness (QED) is 0.776. The van der Waals surface area contributed by atoms with E-state index >= 15 is 0 Å². The smallest absolute Gasteiger partial charge is 0.312 e. The average Bonchev–Trinajstić information content (AvgIpc) is 2.47. The largest absolute Gasteiger partial charge is 0.434 e. The third-order valence-corrected chi connectivity index (χ3v) is 3.86. The molecule has 1 fully saturated rings. The first-order valence-electron chi connectivity index (χ1n) is 4.79. The lowest BCUT2D eigenvalue weighted by Gasteiger charge is -2.13. The maximum absolute atomic E-state index is 11.2. The van der Waals surface area contributed by atoms with Crippen LogP contribution < -0.4 is 0 Å². The molecule has 1 aliphatic rings. The van der Waals surface area contributed by atoms with E-state index in [1.807, 2.05) is 30.3 Å². The number of carbonyl (C=O) groups is 1. The summed E-state index contributed by atoms with van der Waals surface area (Å²) in [4.78, 5) is 12.2. The SMILES string of the molecule is C[C@H]1C(=O)OC(O)[C@@H]1Sc1ccccc1. The van der Waals surface area contributed by atoms with Gasteiger partial charge in [-0.25, -0.2) is 0 Å². The number of hydrogen-bond donors (Lipinski definition) is 1. The van der Waals surface area contributed by atoms with E-state index in [9.17, 15) is 9.90 Å². The van der Waals surface area contributed by atoms with Gasteiger partial charge in [-0.05, 0) is 12.1 Å². The van der Waals surface area contributed by atoms with Gasteiger partial charge in [0, 0.05) is 4.90 Å². The maximum atomic E-state index is 11.2. The van der Waals surface area contributed by atoms with Gasteiger partial charge in [0.1, 0.15) is 0 Å². The zero-order chi connectivity index (χ0) is 10.8. The number of carbonyl (C=O) groups excluding carboxylic acids is 1. The molecule has 1 unspecified atom stereocenters. The van der Waals surface area contributed by atoms with Crippen molar-refractivity contribution in [3.63, 3.8) is 0 Å². The van der Waals surface area contributed by atoms with Crippen molar-refractivity contribution in [3.8, 4) is 0 Å². The first kappa shape index (κ1) is 10.5. The second-order valence-electron chi connectivity index (χ2n) is 3.51. The molecule has 3 nitrogen and oxygen atoms in total. The zero-order valence-corrected chi connectivity index (χ0v) is 9.11. The molecule has 1 aromatic rings. The second-order valence-corrected chi connectivity index (χ2v) is 4.76. The Morgan fingerprint density at radius 2 is 2.00 bits per heavy atom. The molecule has 0 saturated carbocycles. The lowest BCUT2D eigenvalue weighted by Crippen LogP contribution is -2.21. The van der Waals surface area contributed by atoms with Gasteiger partial charge >= 0.3 is 5.97 Å². The van der Waals surface area contributed by atoms with Crippen LogP contribution in [0.1, 0.15) is 6.92 Å². The van der Waals surface area contributed by atoms with Crippen molar-refractivity contribution in [1.82, 2.24) is 0 Å². The third-order valence-electron chi connectivity index (χ3n) is 2.40. The first-order chi connectivity index (χ1) is 7.18. The standard InChI is InChI=1S/C11H12O3S/c1-7-9(11(13)14-10(7)12)15-8-5-3-2-4-6-8/h2-7,9,11,13H,1H3/t7-,9-,11?/m1/s1. The van der Waals surface area contributed by atoms with Crippen LogP contribution in [0.25, 0.3) is 0 Å².